The Morgan fingerprint density at radius 1 is 1.19 bits per heavy atom. The number of hydrogen-bond donors (Lipinski definition) is 2. The Labute approximate surface area is 162 Å². The molecule has 1 aliphatic carbocycles. The van der Waals surface area contributed by atoms with Crippen molar-refractivity contribution < 1.29 is 0 Å². The summed E-state index contributed by atoms with van der Waals surface area (Å²) < 4.78 is 1.98. The number of aliphatic imine (C=N–C) groups is 1. The van der Waals surface area contributed by atoms with E-state index >= 15 is 0 Å². The van der Waals surface area contributed by atoms with E-state index in [1.165, 1.54) is 32.1 Å². The quantitative estimate of drug-likeness (QED) is 0.579. The third kappa shape index (κ3) is 4.87. The van der Waals surface area contributed by atoms with Crippen LogP contribution in [-0.2, 0) is 6.54 Å². The normalized spacial score (nSPS) is 16.5. The Balaban J connectivity index is 1.61. The monoisotopic (exact) mass is 368 g/mol. The zero-order chi connectivity index (χ0) is 19.1. The van der Waals surface area contributed by atoms with Crippen molar-refractivity contribution in [2.45, 2.75) is 59.4 Å². The molecule has 2 N–H and O–H groups in total. The van der Waals surface area contributed by atoms with Crippen LogP contribution in [0.4, 0.5) is 0 Å². The number of hydrogen-bond acceptors (Lipinski definition) is 3. The first-order chi connectivity index (χ1) is 13.2. The molecule has 3 rings (SSSR count). The third-order valence-electron chi connectivity index (χ3n) is 5.69. The summed E-state index contributed by atoms with van der Waals surface area (Å²) in [5.74, 6) is 2.71. The van der Waals surface area contributed by atoms with Gasteiger partial charge in [0.25, 0.3) is 0 Å². The van der Waals surface area contributed by atoms with Gasteiger partial charge in [-0.05, 0) is 50.2 Å². The Morgan fingerprint density at radius 3 is 2.59 bits per heavy atom. The number of aromatic nitrogens is 3. The zero-order valence-corrected chi connectivity index (χ0v) is 16.8. The second kappa shape index (κ2) is 9.02. The van der Waals surface area contributed by atoms with Gasteiger partial charge in [0.2, 0.25) is 0 Å². The molecule has 1 aliphatic rings. The van der Waals surface area contributed by atoms with E-state index in [1.54, 1.807) is 6.20 Å². The van der Waals surface area contributed by atoms with E-state index in [0.717, 1.165) is 36.3 Å². The topological polar surface area (TPSA) is 67.1 Å². The van der Waals surface area contributed by atoms with Crippen molar-refractivity contribution in [3.8, 4) is 5.82 Å². The SMILES string of the molecule is CCNC(=NCc1ccc(-n2ccnc2C)nc1)NCC1(CC)CCCC1. The van der Waals surface area contributed by atoms with Gasteiger partial charge in [0.1, 0.15) is 11.6 Å². The number of nitrogens with one attached hydrogen (secondary N) is 2. The van der Waals surface area contributed by atoms with Crippen LogP contribution in [0.2, 0.25) is 0 Å². The lowest BCUT2D eigenvalue weighted by atomic mass is 9.83. The summed E-state index contributed by atoms with van der Waals surface area (Å²) in [6.45, 7) is 8.87. The Morgan fingerprint density at radius 2 is 2.00 bits per heavy atom. The largest absolute Gasteiger partial charge is 0.357 e. The first-order valence-electron chi connectivity index (χ1n) is 10.1. The lowest BCUT2D eigenvalue weighted by molar-refractivity contribution is 0.283. The van der Waals surface area contributed by atoms with Crippen molar-refractivity contribution >= 4 is 5.96 Å². The van der Waals surface area contributed by atoms with E-state index in [4.69, 9.17) is 4.99 Å². The summed E-state index contributed by atoms with van der Waals surface area (Å²) in [4.78, 5) is 13.6. The molecule has 1 saturated carbocycles. The fourth-order valence-electron chi connectivity index (χ4n) is 3.84. The fourth-order valence-corrected chi connectivity index (χ4v) is 3.84. The molecule has 6 heteroatoms. The first-order valence-corrected chi connectivity index (χ1v) is 10.1. The van der Waals surface area contributed by atoms with Crippen LogP contribution < -0.4 is 10.6 Å². The lowest BCUT2D eigenvalue weighted by Gasteiger charge is -2.28. The number of pyridine rings is 1. The molecule has 0 spiro atoms. The predicted molar refractivity (Wildman–Crippen MR) is 110 cm³/mol. The average molecular weight is 369 g/mol. The van der Waals surface area contributed by atoms with Crippen molar-refractivity contribution in [3.63, 3.8) is 0 Å². The minimum absolute atomic E-state index is 0.446. The van der Waals surface area contributed by atoms with Crippen molar-refractivity contribution in [1.82, 2.24) is 25.2 Å². The lowest BCUT2D eigenvalue weighted by Crippen LogP contribution is -2.42. The summed E-state index contributed by atoms with van der Waals surface area (Å²) in [7, 11) is 0. The number of rotatable bonds is 7. The van der Waals surface area contributed by atoms with E-state index < -0.39 is 0 Å². The van der Waals surface area contributed by atoms with Gasteiger partial charge in [-0.1, -0.05) is 25.8 Å². The highest BCUT2D eigenvalue weighted by Crippen LogP contribution is 2.40. The van der Waals surface area contributed by atoms with Gasteiger partial charge in [-0.25, -0.2) is 15.0 Å². The van der Waals surface area contributed by atoms with E-state index in [2.05, 4.69) is 40.5 Å². The van der Waals surface area contributed by atoms with Gasteiger partial charge in [0, 0.05) is 31.7 Å². The second-order valence-corrected chi connectivity index (χ2v) is 7.48. The first kappa shape index (κ1) is 19.4. The molecule has 0 radical (unpaired) electrons. The molecule has 2 aromatic rings. The molecule has 2 heterocycles. The van der Waals surface area contributed by atoms with E-state index in [1.807, 2.05) is 30.0 Å². The molecule has 146 valence electrons. The van der Waals surface area contributed by atoms with Gasteiger partial charge in [0.05, 0.1) is 6.54 Å². The molecule has 0 aliphatic heterocycles. The van der Waals surface area contributed by atoms with Crippen molar-refractivity contribution in [3.05, 3.63) is 42.1 Å². The molecule has 0 amide bonds. The number of nitrogens with zero attached hydrogens (tertiary/aromatic N) is 4. The van der Waals surface area contributed by atoms with Crippen LogP contribution in [-0.4, -0.2) is 33.6 Å². The summed E-state index contributed by atoms with van der Waals surface area (Å²) in [5, 5.41) is 6.94. The minimum atomic E-state index is 0.446. The molecule has 0 aromatic carbocycles. The summed E-state index contributed by atoms with van der Waals surface area (Å²) in [6.07, 6.45) is 12.2. The Kier molecular flexibility index (Phi) is 6.48. The molecule has 27 heavy (non-hydrogen) atoms. The molecule has 1 fully saturated rings. The van der Waals surface area contributed by atoms with Gasteiger partial charge >= 0.3 is 0 Å². The third-order valence-corrected chi connectivity index (χ3v) is 5.69. The van der Waals surface area contributed by atoms with Gasteiger partial charge < -0.3 is 10.6 Å². The fraction of sp³-hybridized carbons (Fsp3) is 0.571. The number of guanidine groups is 1. The maximum Gasteiger partial charge on any atom is 0.191 e. The molecule has 0 saturated heterocycles. The predicted octanol–water partition coefficient (Wildman–Crippen LogP) is 3.60. The molecule has 0 unspecified atom stereocenters. The Bertz CT molecular complexity index is 740. The molecule has 2 aromatic heterocycles. The number of imidazole rings is 1. The van der Waals surface area contributed by atoms with E-state index in [-0.39, 0.29) is 0 Å². The van der Waals surface area contributed by atoms with Crippen LogP contribution in [0.1, 0.15) is 57.3 Å². The van der Waals surface area contributed by atoms with Crippen molar-refractivity contribution in [2.75, 3.05) is 13.1 Å². The second-order valence-electron chi connectivity index (χ2n) is 7.48. The summed E-state index contributed by atoms with van der Waals surface area (Å²) in [6, 6.07) is 4.10. The van der Waals surface area contributed by atoms with Gasteiger partial charge in [-0.2, -0.15) is 0 Å². The average Bonchev–Trinajstić information content (AvgIpc) is 3.34. The Hall–Kier alpha value is -2.37. The van der Waals surface area contributed by atoms with Crippen molar-refractivity contribution in [2.24, 2.45) is 10.4 Å². The van der Waals surface area contributed by atoms with Crippen molar-refractivity contribution in [1.29, 1.82) is 0 Å². The molecular formula is C21H32N6. The minimum Gasteiger partial charge on any atom is -0.357 e. The summed E-state index contributed by atoms with van der Waals surface area (Å²) in [5.41, 5.74) is 1.54. The molecular weight excluding hydrogens is 336 g/mol. The standard InChI is InChI=1S/C21H32N6/c1-4-21(10-6-7-11-21)16-26-20(22-5-2)25-15-18-8-9-19(24-14-18)27-13-12-23-17(27)3/h8-9,12-14H,4-7,10-11,15-16H2,1-3H3,(H2,22,25,26). The highest BCUT2D eigenvalue weighted by atomic mass is 15.2. The molecule has 6 nitrogen and oxygen atoms in total. The molecule has 0 bridgehead atoms. The van der Waals surface area contributed by atoms with Crippen LogP contribution in [0.3, 0.4) is 0 Å². The van der Waals surface area contributed by atoms with Gasteiger partial charge in [-0.3, -0.25) is 4.57 Å². The number of aryl methyl sites for hydroxylation is 1. The van der Waals surface area contributed by atoms with Crippen LogP contribution >= 0.6 is 0 Å². The zero-order valence-electron chi connectivity index (χ0n) is 16.8. The highest BCUT2D eigenvalue weighted by Gasteiger charge is 2.31. The van der Waals surface area contributed by atoms with Crippen LogP contribution in [0.25, 0.3) is 5.82 Å². The smallest absolute Gasteiger partial charge is 0.191 e. The highest BCUT2D eigenvalue weighted by molar-refractivity contribution is 5.79. The molecule has 0 atom stereocenters. The van der Waals surface area contributed by atoms with Crippen LogP contribution in [0, 0.1) is 12.3 Å². The van der Waals surface area contributed by atoms with E-state index in [0.29, 0.717) is 12.0 Å². The van der Waals surface area contributed by atoms with E-state index in [9.17, 15) is 0 Å². The maximum atomic E-state index is 4.76. The summed E-state index contributed by atoms with van der Waals surface area (Å²) >= 11 is 0. The van der Waals surface area contributed by atoms with Gasteiger partial charge in [-0.15, -0.1) is 0 Å². The van der Waals surface area contributed by atoms with Crippen LogP contribution in [0.15, 0.2) is 35.7 Å². The van der Waals surface area contributed by atoms with Crippen LogP contribution in [0.5, 0.6) is 0 Å². The maximum absolute atomic E-state index is 4.76. The van der Waals surface area contributed by atoms with Gasteiger partial charge in [0.15, 0.2) is 5.96 Å².